The van der Waals surface area contributed by atoms with Gasteiger partial charge in [0.1, 0.15) is 0 Å². The monoisotopic (exact) mass is 318 g/mol. The lowest BCUT2D eigenvalue weighted by Gasteiger charge is -2.41. The van der Waals surface area contributed by atoms with E-state index in [9.17, 15) is 8.42 Å². The number of hydrogen-bond acceptors (Lipinski definition) is 5. The zero-order valence-corrected chi connectivity index (χ0v) is 14.1. The first-order valence-corrected chi connectivity index (χ1v) is 10.1. The summed E-state index contributed by atoms with van der Waals surface area (Å²) in [5, 5.41) is 3.54. The highest BCUT2D eigenvalue weighted by molar-refractivity contribution is 7.91. The quantitative estimate of drug-likeness (QED) is 0.738. The van der Waals surface area contributed by atoms with Crippen LogP contribution in [0.4, 0.5) is 0 Å². The van der Waals surface area contributed by atoms with Crippen LogP contribution in [0, 0.1) is 5.41 Å². The Morgan fingerprint density at radius 3 is 2.81 bits per heavy atom. The van der Waals surface area contributed by atoms with Crippen molar-refractivity contribution in [3.63, 3.8) is 0 Å². The first kappa shape index (κ1) is 17.2. The van der Waals surface area contributed by atoms with Gasteiger partial charge in [-0.1, -0.05) is 6.92 Å². The average molecular weight is 318 g/mol. The Hall–Kier alpha value is -0.170. The molecular weight excluding hydrogens is 288 g/mol. The first-order valence-electron chi connectivity index (χ1n) is 8.27. The van der Waals surface area contributed by atoms with Gasteiger partial charge < -0.3 is 15.0 Å². The fourth-order valence-corrected chi connectivity index (χ4v) is 4.69. The molecule has 21 heavy (non-hydrogen) atoms. The molecule has 0 saturated carbocycles. The summed E-state index contributed by atoms with van der Waals surface area (Å²) >= 11 is 0. The SMILES string of the molecule is CCCNCC1(CN2CCCS(=O)(=O)CC2)CCCOC1. The van der Waals surface area contributed by atoms with Crippen LogP contribution in [0.5, 0.6) is 0 Å². The van der Waals surface area contributed by atoms with Gasteiger partial charge in [0.25, 0.3) is 0 Å². The van der Waals surface area contributed by atoms with Crippen LogP contribution in [0.3, 0.4) is 0 Å². The molecule has 0 bridgehead atoms. The molecule has 1 N–H and O–H groups in total. The van der Waals surface area contributed by atoms with E-state index in [2.05, 4.69) is 17.1 Å². The predicted molar refractivity (Wildman–Crippen MR) is 85.4 cm³/mol. The molecule has 2 aliphatic heterocycles. The maximum Gasteiger partial charge on any atom is 0.151 e. The molecule has 2 fully saturated rings. The Kier molecular flexibility index (Phi) is 6.47. The van der Waals surface area contributed by atoms with Crippen LogP contribution in [0.1, 0.15) is 32.6 Å². The molecule has 2 rings (SSSR count). The van der Waals surface area contributed by atoms with E-state index in [1.54, 1.807) is 0 Å². The number of sulfone groups is 1. The molecule has 1 unspecified atom stereocenters. The van der Waals surface area contributed by atoms with Gasteiger partial charge in [0.2, 0.25) is 0 Å². The Balaban J connectivity index is 1.94. The highest BCUT2D eigenvalue weighted by atomic mass is 32.2. The summed E-state index contributed by atoms with van der Waals surface area (Å²) in [6.45, 7) is 8.39. The van der Waals surface area contributed by atoms with Gasteiger partial charge in [-0.15, -0.1) is 0 Å². The van der Waals surface area contributed by atoms with Gasteiger partial charge in [0.05, 0.1) is 18.1 Å². The van der Waals surface area contributed by atoms with Crippen molar-refractivity contribution >= 4 is 9.84 Å². The maximum absolute atomic E-state index is 11.7. The van der Waals surface area contributed by atoms with Crippen molar-refractivity contribution in [1.82, 2.24) is 10.2 Å². The van der Waals surface area contributed by atoms with E-state index in [1.807, 2.05) is 0 Å². The van der Waals surface area contributed by atoms with Crippen molar-refractivity contribution in [2.45, 2.75) is 32.6 Å². The topological polar surface area (TPSA) is 58.6 Å². The maximum atomic E-state index is 11.7. The number of nitrogens with one attached hydrogen (secondary N) is 1. The molecule has 0 radical (unpaired) electrons. The number of ether oxygens (including phenoxy) is 1. The van der Waals surface area contributed by atoms with Crippen LogP contribution in [0.15, 0.2) is 0 Å². The molecule has 2 aliphatic rings. The van der Waals surface area contributed by atoms with Crippen LogP contribution >= 0.6 is 0 Å². The highest BCUT2D eigenvalue weighted by Crippen LogP contribution is 2.29. The van der Waals surface area contributed by atoms with Gasteiger partial charge in [-0.25, -0.2) is 8.42 Å². The van der Waals surface area contributed by atoms with Crippen molar-refractivity contribution < 1.29 is 13.2 Å². The van der Waals surface area contributed by atoms with E-state index in [1.165, 1.54) is 6.42 Å². The zero-order valence-electron chi connectivity index (χ0n) is 13.3. The normalized spacial score (nSPS) is 30.9. The summed E-state index contributed by atoms with van der Waals surface area (Å²) in [6.07, 6.45) is 4.19. The van der Waals surface area contributed by atoms with Gasteiger partial charge in [0.15, 0.2) is 9.84 Å². The molecule has 5 nitrogen and oxygen atoms in total. The minimum atomic E-state index is -2.82. The summed E-state index contributed by atoms with van der Waals surface area (Å²) in [7, 11) is -2.82. The van der Waals surface area contributed by atoms with E-state index >= 15 is 0 Å². The van der Waals surface area contributed by atoms with Gasteiger partial charge in [-0.2, -0.15) is 0 Å². The smallest absolute Gasteiger partial charge is 0.151 e. The van der Waals surface area contributed by atoms with E-state index in [0.29, 0.717) is 18.1 Å². The molecule has 2 heterocycles. The third kappa shape index (κ3) is 5.51. The van der Waals surface area contributed by atoms with Crippen LogP contribution in [0.2, 0.25) is 0 Å². The Morgan fingerprint density at radius 1 is 1.24 bits per heavy atom. The fourth-order valence-electron chi connectivity index (χ4n) is 3.38. The van der Waals surface area contributed by atoms with Crippen molar-refractivity contribution in [3.05, 3.63) is 0 Å². The summed E-state index contributed by atoms with van der Waals surface area (Å²) < 4.78 is 29.2. The fraction of sp³-hybridized carbons (Fsp3) is 1.00. The Labute approximate surface area is 129 Å². The molecule has 0 aromatic carbocycles. The zero-order chi connectivity index (χ0) is 15.2. The summed E-state index contributed by atoms with van der Waals surface area (Å²) in [5.41, 5.74) is 0.154. The Bertz CT molecular complexity index is 405. The van der Waals surface area contributed by atoms with Crippen LogP contribution < -0.4 is 5.32 Å². The summed E-state index contributed by atoms with van der Waals surface area (Å²) in [4.78, 5) is 2.34. The van der Waals surface area contributed by atoms with Crippen LogP contribution in [-0.2, 0) is 14.6 Å². The molecule has 0 aromatic rings. The molecule has 0 aromatic heterocycles. The minimum absolute atomic E-state index is 0.154. The second kappa shape index (κ2) is 7.90. The lowest BCUT2D eigenvalue weighted by molar-refractivity contribution is -0.0251. The van der Waals surface area contributed by atoms with Crippen LogP contribution in [0.25, 0.3) is 0 Å². The van der Waals surface area contributed by atoms with Gasteiger partial charge in [-0.05, 0) is 38.8 Å². The molecule has 0 amide bonds. The molecule has 124 valence electrons. The Morgan fingerprint density at radius 2 is 2.10 bits per heavy atom. The van der Waals surface area contributed by atoms with Gasteiger partial charge in [-0.3, -0.25) is 0 Å². The second-order valence-electron chi connectivity index (χ2n) is 6.61. The largest absolute Gasteiger partial charge is 0.381 e. The van der Waals surface area contributed by atoms with Crippen molar-refractivity contribution in [1.29, 1.82) is 0 Å². The van der Waals surface area contributed by atoms with Crippen molar-refractivity contribution in [2.24, 2.45) is 5.41 Å². The van der Waals surface area contributed by atoms with E-state index in [0.717, 1.165) is 58.7 Å². The van der Waals surface area contributed by atoms with E-state index in [4.69, 9.17) is 4.74 Å². The number of nitrogens with zero attached hydrogens (tertiary/aromatic N) is 1. The lowest BCUT2D eigenvalue weighted by Crippen LogP contribution is -2.49. The second-order valence-corrected chi connectivity index (χ2v) is 8.92. The predicted octanol–water partition coefficient (Wildman–Crippen LogP) is 0.903. The molecule has 1 atom stereocenters. The standard InChI is InChI=1S/C15H30N2O3S/c1-2-6-16-12-15(5-3-9-20-14-15)13-17-7-4-10-21(18,19)11-8-17/h16H,2-14H2,1H3. The number of rotatable bonds is 6. The highest BCUT2D eigenvalue weighted by Gasteiger charge is 2.35. The first-order chi connectivity index (χ1) is 10.1. The van der Waals surface area contributed by atoms with E-state index < -0.39 is 9.84 Å². The molecule has 6 heteroatoms. The molecule has 2 saturated heterocycles. The molecular formula is C15H30N2O3S. The number of hydrogen-bond donors (Lipinski definition) is 1. The van der Waals surface area contributed by atoms with E-state index in [-0.39, 0.29) is 5.41 Å². The minimum Gasteiger partial charge on any atom is -0.381 e. The van der Waals surface area contributed by atoms with Crippen molar-refractivity contribution in [3.8, 4) is 0 Å². The molecule has 0 aliphatic carbocycles. The van der Waals surface area contributed by atoms with Gasteiger partial charge >= 0.3 is 0 Å². The summed E-state index contributed by atoms with van der Waals surface area (Å²) in [6, 6.07) is 0. The third-order valence-electron chi connectivity index (χ3n) is 4.54. The van der Waals surface area contributed by atoms with Crippen LogP contribution in [-0.4, -0.2) is 70.8 Å². The van der Waals surface area contributed by atoms with Crippen molar-refractivity contribution in [2.75, 3.05) is 57.4 Å². The lowest BCUT2D eigenvalue weighted by atomic mass is 9.81. The van der Waals surface area contributed by atoms with Gasteiger partial charge in [0, 0.05) is 31.7 Å². The molecule has 0 spiro atoms. The average Bonchev–Trinajstić information content (AvgIpc) is 2.62. The third-order valence-corrected chi connectivity index (χ3v) is 6.25. The summed E-state index contributed by atoms with van der Waals surface area (Å²) in [5.74, 6) is 0.660.